The van der Waals surface area contributed by atoms with Gasteiger partial charge in [-0.25, -0.2) is 0 Å². The van der Waals surface area contributed by atoms with E-state index >= 15 is 0 Å². The SMILES string of the molecule is [2H]C([2H])([2H])N1CN(c2cc(Oc3cccc(N4CN(c5cc(C)c(N6CN(c7cccc(Oc8cc(N9CN(C)c%10cnccc%109)cc(C(C)(C)C)c8)c7)c7ccccc76)cc5C)c5ccccc54)c3)cc(C(C)(C)C)c2)c2ccncc21. The molecule has 4 aliphatic rings. The van der Waals surface area contributed by atoms with E-state index in [1.165, 1.54) is 16.0 Å². The summed E-state index contributed by atoms with van der Waals surface area (Å²) in [6, 6.07) is 55.4. The van der Waals surface area contributed by atoms with Gasteiger partial charge in [-0.15, -0.1) is 0 Å². The molecule has 13 rings (SSSR count). The molecule has 0 unspecified atom stereocenters. The number of hydrogen-bond acceptors (Lipinski definition) is 12. The number of aromatic nitrogens is 2. The Morgan fingerprint density at radius 3 is 1.20 bits per heavy atom. The van der Waals surface area contributed by atoms with Crippen LogP contribution in [0.1, 0.15) is 67.9 Å². The Morgan fingerprint density at radius 2 is 0.762 bits per heavy atom. The van der Waals surface area contributed by atoms with E-state index in [0.717, 1.165) is 103 Å². The summed E-state index contributed by atoms with van der Waals surface area (Å²) >= 11 is 0. The first-order valence-electron chi connectivity index (χ1n) is 28.9. The fourth-order valence-electron chi connectivity index (χ4n) is 11.6. The molecule has 6 heterocycles. The molecule has 0 amide bonds. The zero-order chi connectivity index (χ0) is 57.7. The zero-order valence-electron chi connectivity index (χ0n) is 49.9. The number of fused-ring (bicyclic) bond motifs is 4. The highest BCUT2D eigenvalue weighted by atomic mass is 16.5. The summed E-state index contributed by atoms with van der Waals surface area (Å²) in [5.41, 5.74) is 18.6. The Labute approximate surface area is 475 Å². The van der Waals surface area contributed by atoms with Gasteiger partial charge in [-0.05, 0) is 144 Å². The van der Waals surface area contributed by atoms with Crippen molar-refractivity contribution in [3.05, 3.63) is 205 Å². The van der Waals surface area contributed by atoms with Crippen molar-refractivity contribution < 1.29 is 13.6 Å². The fraction of sp³-hybridized carbons (Fsp3) is 0.235. The molecule has 9 aromatic rings. The van der Waals surface area contributed by atoms with Crippen LogP contribution >= 0.6 is 0 Å². The van der Waals surface area contributed by atoms with E-state index in [-0.39, 0.29) is 17.5 Å². The van der Waals surface area contributed by atoms with Crippen LogP contribution < -0.4 is 48.7 Å². The zero-order valence-corrected chi connectivity index (χ0v) is 46.9. The van der Waals surface area contributed by atoms with Gasteiger partial charge >= 0.3 is 0 Å². The predicted octanol–water partition coefficient (Wildman–Crippen LogP) is 16.9. The summed E-state index contributed by atoms with van der Waals surface area (Å²) in [4.78, 5) is 26.2. The molecule has 12 heteroatoms. The largest absolute Gasteiger partial charge is 0.457 e. The number of hydrogen-bond donors (Lipinski definition) is 0. The number of nitrogens with zero attached hydrogens (tertiary/aromatic N) is 10. The van der Waals surface area contributed by atoms with E-state index in [0.29, 0.717) is 30.5 Å². The number of aryl methyl sites for hydroxylation is 2. The molecule has 0 saturated heterocycles. The third-order valence-corrected chi connectivity index (χ3v) is 15.9. The lowest BCUT2D eigenvalue weighted by Gasteiger charge is -2.28. The van der Waals surface area contributed by atoms with Gasteiger partial charge in [0.05, 0.1) is 71.2 Å². The van der Waals surface area contributed by atoms with Gasteiger partial charge in [-0.1, -0.05) is 77.9 Å². The summed E-state index contributed by atoms with van der Waals surface area (Å²) in [5.74, 6) is 2.92. The van der Waals surface area contributed by atoms with Crippen molar-refractivity contribution >= 4 is 79.6 Å². The maximum atomic E-state index is 8.30. The van der Waals surface area contributed by atoms with E-state index in [4.69, 9.17) is 13.6 Å². The minimum Gasteiger partial charge on any atom is -0.457 e. The number of rotatable bonds is 10. The highest BCUT2D eigenvalue weighted by Crippen LogP contribution is 2.51. The molecule has 80 heavy (non-hydrogen) atoms. The van der Waals surface area contributed by atoms with Crippen molar-refractivity contribution in [2.75, 3.05) is 79.9 Å². The molecule has 0 radical (unpaired) electrons. The van der Waals surface area contributed by atoms with Crippen LogP contribution in [-0.2, 0) is 10.8 Å². The van der Waals surface area contributed by atoms with Crippen LogP contribution in [0.2, 0.25) is 0 Å². The maximum absolute atomic E-state index is 8.30. The summed E-state index contributed by atoms with van der Waals surface area (Å²) in [6.07, 6.45) is 7.12. The van der Waals surface area contributed by atoms with E-state index < -0.39 is 6.98 Å². The molecular weight excluding hydrogens is 989 g/mol. The van der Waals surface area contributed by atoms with Crippen molar-refractivity contribution in [1.82, 2.24) is 9.97 Å². The molecule has 0 saturated carbocycles. The Kier molecular flexibility index (Phi) is 11.3. The monoisotopic (exact) mass is 1060 g/mol. The Bertz CT molecular complexity index is 3990. The van der Waals surface area contributed by atoms with Crippen molar-refractivity contribution in [3.63, 3.8) is 0 Å². The van der Waals surface area contributed by atoms with Crippen LogP contribution in [0, 0.1) is 13.8 Å². The molecule has 0 aliphatic carbocycles. The minimum atomic E-state index is -2.33. The second-order valence-electron chi connectivity index (χ2n) is 23.5. The normalized spacial score (nSPS) is 15.4. The summed E-state index contributed by atoms with van der Waals surface area (Å²) in [7, 11) is 2.10. The molecule has 0 bridgehead atoms. The van der Waals surface area contributed by atoms with Crippen molar-refractivity contribution in [2.24, 2.45) is 0 Å². The Hall–Kier alpha value is -9.16. The van der Waals surface area contributed by atoms with Gasteiger partial charge in [0, 0.05) is 88.9 Å². The summed E-state index contributed by atoms with van der Waals surface area (Å²) in [6.45, 7) is 17.5. The molecule has 402 valence electrons. The standard InChI is InChI=1S/C68H68N10O2/c1-45-29-64(78-44-76(58-22-12-14-24-60(58)78)50-18-16-20-54(36-50)80-56-34-48(68(6,7)8)32-52(38-56)74-42-72(10)66-40-70-28-26-62(66)74)46(2)30-63(45)77-43-75(57-21-11-13-23-59(57)77)49-17-15-19-53(35-49)79-55-33-47(67(3,4)5)31-51(37-55)73-41-71(9)65-39-69-27-25-61(65)73/h11-40H,41-44H2,1-10H3/i9D3. The topological polar surface area (TPSA) is 70.2 Å². The van der Waals surface area contributed by atoms with Gasteiger partial charge in [0.25, 0.3) is 0 Å². The third kappa shape index (κ3) is 9.08. The van der Waals surface area contributed by atoms with E-state index in [1.54, 1.807) is 12.4 Å². The molecule has 12 nitrogen and oxygen atoms in total. The molecular formula is C68H68N10O2. The Morgan fingerprint density at radius 1 is 0.375 bits per heavy atom. The average molecular weight is 1060 g/mol. The fourth-order valence-corrected chi connectivity index (χ4v) is 11.6. The first-order valence-corrected chi connectivity index (χ1v) is 27.4. The number of para-hydroxylation sites is 4. The Balaban J connectivity index is 0.758. The van der Waals surface area contributed by atoms with E-state index in [9.17, 15) is 0 Å². The molecule has 2 aromatic heterocycles. The number of pyridine rings is 2. The van der Waals surface area contributed by atoms with Crippen LogP contribution in [-0.4, -0.2) is 50.7 Å². The number of anilines is 14. The van der Waals surface area contributed by atoms with Crippen LogP contribution in [0.25, 0.3) is 0 Å². The van der Waals surface area contributed by atoms with Gasteiger partial charge < -0.3 is 48.7 Å². The molecule has 4 aliphatic heterocycles. The van der Waals surface area contributed by atoms with Gasteiger partial charge in [0.2, 0.25) is 0 Å². The van der Waals surface area contributed by atoms with Gasteiger partial charge in [-0.2, -0.15) is 0 Å². The number of benzene rings is 7. The molecule has 0 fully saturated rings. The molecule has 0 atom stereocenters. The lowest BCUT2D eigenvalue weighted by atomic mass is 9.86. The number of ether oxygens (including phenoxy) is 2. The summed E-state index contributed by atoms with van der Waals surface area (Å²) in [5, 5.41) is 0. The molecule has 0 spiro atoms. The van der Waals surface area contributed by atoms with E-state index in [1.807, 2.05) is 47.6 Å². The minimum absolute atomic E-state index is 0.101. The maximum Gasteiger partial charge on any atom is 0.129 e. The average Bonchev–Trinajstić information content (AvgIpc) is 4.45. The van der Waals surface area contributed by atoms with Crippen LogP contribution in [0.3, 0.4) is 0 Å². The second kappa shape index (κ2) is 19.3. The quantitative estimate of drug-likeness (QED) is 0.131. The van der Waals surface area contributed by atoms with Crippen molar-refractivity contribution in [3.8, 4) is 23.0 Å². The van der Waals surface area contributed by atoms with Crippen LogP contribution in [0.15, 0.2) is 183 Å². The first kappa shape index (κ1) is 46.9. The smallest absolute Gasteiger partial charge is 0.129 e. The molecule has 7 aromatic carbocycles. The van der Waals surface area contributed by atoms with Gasteiger partial charge in [0.1, 0.15) is 36.3 Å². The summed E-state index contributed by atoms with van der Waals surface area (Å²) < 4.78 is 38.5. The highest BCUT2D eigenvalue weighted by molar-refractivity contribution is 5.92. The third-order valence-electron chi connectivity index (χ3n) is 15.9. The van der Waals surface area contributed by atoms with Crippen LogP contribution in [0.5, 0.6) is 23.0 Å². The second-order valence-corrected chi connectivity index (χ2v) is 23.5. The van der Waals surface area contributed by atoms with E-state index in [2.05, 4.69) is 229 Å². The predicted molar refractivity (Wildman–Crippen MR) is 330 cm³/mol. The van der Waals surface area contributed by atoms with Crippen molar-refractivity contribution in [1.29, 1.82) is 0 Å². The van der Waals surface area contributed by atoms with Gasteiger partial charge in [-0.3, -0.25) is 9.97 Å². The highest BCUT2D eigenvalue weighted by Gasteiger charge is 2.34. The van der Waals surface area contributed by atoms with Crippen LogP contribution in [0.4, 0.5) is 79.6 Å². The molecule has 0 N–H and O–H groups in total. The first-order chi connectivity index (χ1) is 39.7. The lowest BCUT2D eigenvalue weighted by Crippen LogP contribution is -2.26. The lowest BCUT2D eigenvalue weighted by molar-refractivity contribution is 0.478. The van der Waals surface area contributed by atoms with Gasteiger partial charge in [0.15, 0.2) is 0 Å². The van der Waals surface area contributed by atoms with Crippen molar-refractivity contribution in [2.45, 2.75) is 66.2 Å².